The summed E-state index contributed by atoms with van der Waals surface area (Å²) in [5, 5.41) is 0. The first kappa shape index (κ1) is 9.86. The van der Waals surface area contributed by atoms with Crippen molar-refractivity contribution in [3.63, 3.8) is 0 Å². The molecule has 0 unspecified atom stereocenters. The van der Waals surface area contributed by atoms with Crippen molar-refractivity contribution in [3.05, 3.63) is 35.5 Å². The second-order valence-corrected chi connectivity index (χ2v) is 3.37. The van der Waals surface area contributed by atoms with Crippen molar-refractivity contribution in [3.8, 4) is 12.3 Å². The summed E-state index contributed by atoms with van der Waals surface area (Å²) < 4.78 is 0. The van der Waals surface area contributed by atoms with Crippen LogP contribution < -0.4 is 0 Å². The average Bonchev–Trinajstić information content (AvgIpc) is 2.65. The van der Waals surface area contributed by atoms with Gasteiger partial charge in [-0.1, -0.05) is 29.9 Å². The standard InChI is InChI=1S/C13H16/c1-3-4-5-6-9-12(2)13-10-7-8-11-13/h1,7-8,10-11H,4-6,9H2,2H3. The molecule has 13 heavy (non-hydrogen) atoms. The largest absolute Gasteiger partial charge is 0.120 e. The number of allylic oxidation sites excluding steroid dienone is 6. The second-order valence-electron chi connectivity index (χ2n) is 3.37. The van der Waals surface area contributed by atoms with Crippen molar-refractivity contribution in [2.75, 3.05) is 0 Å². The molecule has 68 valence electrons. The van der Waals surface area contributed by atoms with Crippen LogP contribution in [0.1, 0.15) is 32.6 Å². The smallest absolute Gasteiger partial charge is 0.00861 e. The van der Waals surface area contributed by atoms with E-state index in [4.69, 9.17) is 6.42 Å². The van der Waals surface area contributed by atoms with Crippen LogP contribution in [0.5, 0.6) is 0 Å². The molecule has 0 saturated carbocycles. The predicted octanol–water partition coefficient (Wildman–Crippen LogP) is 3.62. The van der Waals surface area contributed by atoms with Crippen LogP contribution in [-0.4, -0.2) is 0 Å². The number of rotatable bonds is 4. The molecular formula is C13H16. The predicted molar refractivity (Wildman–Crippen MR) is 58.3 cm³/mol. The van der Waals surface area contributed by atoms with Gasteiger partial charge in [0.05, 0.1) is 0 Å². The maximum atomic E-state index is 5.18. The molecule has 1 aliphatic rings. The van der Waals surface area contributed by atoms with E-state index < -0.39 is 0 Å². The summed E-state index contributed by atoms with van der Waals surface area (Å²) in [5.74, 6) is 2.67. The van der Waals surface area contributed by atoms with Gasteiger partial charge in [0.1, 0.15) is 0 Å². The lowest BCUT2D eigenvalue weighted by Crippen LogP contribution is -1.82. The average molecular weight is 172 g/mol. The highest BCUT2D eigenvalue weighted by atomic mass is 14.0. The Kier molecular flexibility index (Phi) is 4.12. The highest BCUT2D eigenvalue weighted by Gasteiger charge is 1.98. The summed E-state index contributed by atoms with van der Waals surface area (Å²) in [6.07, 6.45) is 18.1. The van der Waals surface area contributed by atoms with Gasteiger partial charge in [0.2, 0.25) is 0 Å². The van der Waals surface area contributed by atoms with Crippen molar-refractivity contribution >= 4 is 0 Å². The minimum Gasteiger partial charge on any atom is -0.120 e. The fourth-order valence-electron chi connectivity index (χ4n) is 1.42. The molecule has 0 atom stereocenters. The highest BCUT2D eigenvalue weighted by molar-refractivity contribution is 5.42. The molecule has 0 amide bonds. The lowest BCUT2D eigenvalue weighted by molar-refractivity contribution is 0.749. The zero-order valence-electron chi connectivity index (χ0n) is 8.22. The van der Waals surface area contributed by atoms with Crippen LogP contribution in [0.25, 0.3) is 0 Å². The first-order valence-corrected chi connectivity index (χ1v) is 4.82. The van der Waals surface area contributed by atoms with Gasteiger partial charge in [0.25, 0.3) is 0 Å². The van der Waals surface area contributed by atoms with Crippen molar-refractivity contribution < 1.29 is 0 Å². The van der Waals surface area contributed by atoms with E-state index in [2.05, 4.69) is 37.1 Å². The van der Waals surface area contributed by atoms with E-state index in [0.717, 1.165) is 12.8 Å². The Balaban J connectivity index is 2.29. The normalized spacial score (nSPS) is 13.4. The fraction of sp³-hybridized carbons (Fsp3) is 0.385. The quantitative estimate of drug-likeness (QED) is 0.449. The molecule has 0 bridgehead atoms. The molecule has 1 aliphatic carbocycles. The Hall–Kier alpha value is -1.22. The fourth-order valence-corrected chi connectivity index (χ4v) is 1.42. The van der Waals surface area contributed by atoms with Crippen molar-refractivity contribution in [2.45, 2.75) is 32.6 Å². The van der Waals surface area contributed by atoms with Gasteiger partial charge in [-0.2, -0.15) is 0 Å². The summed E-state index contributed by atoms with van der Waals surface area (Å²) in [6, 6.07) is 0. The third-order valence-corrected chi connectivity index (χ3v) is 2.28. The van der Waals surface area contributed by atoms with Crippen LogP contribution in [0.3, 0.4) is 0 Å². The van der Waals surface area contributed by atoms with Gasteiger partial charge in [0.15, 0.2) is 0 Å². The Morgan fingerprint density at radius 1 is 1.31 bits per heavy atom. The zero-order valence-corrected chi connectivity index (χ0v) is 8.22. The van der Waals surface area contributed by atoms with Gasteiger partial charge in [-0.05, 0) is 31.8 Å². The molecule has 0 heteroatoms. The number of hydrogen-bond donors (Lipinski definition) is 0. The van der Waals surface area contributed by atoms with E-state index in [9.17, 15) is 0 Å². The van der Waals surface area contributed by atoms with E-state index in [1.165, 1.54) is 24.0 Å². The van der Waals surface area contributed by atoms with E-state index in [1.807, 2.05) is 0 Å². The highest BCUT2D eigenvalue weighted by Crippen LogP contribution is 2.17. The minimum atomic E-state index is 0.911. The molecule has 1 rings (SSSR count). The molecular weight excluding hydrogens is 156 g/mol. The number of hydrogen-bond acceptors (Lipinski definition) is 0. The maximum Gasteiger partial charge on any atom is 0.00861 e. The molecule has 0 N–H and O–H groups in total. The summed E-state index contributed by atoms with van der Waals surface area (Å²) in [6.45, 7) is 2.20. The lowest BCUT2D eigenvalue weighted by atomic mass is 10.0. The zero-order chi connectivity index (χ0) is 9.52. The topological polar surface area (TPSA) is 0 Å². The summed E-state index contributed by atoms with van der Waals surface area (Å²) in [4.78, 5) is 0. The van der Waals surface area contributed by atoms with Crippen LogP contribution in [0, 0.1) is 12.3 Å². The van der Waals surface area contributed by atoms with Gasteiger partial charge in [-0.15, -0.1) is 12.3 Å². The first-order valence-electron chi connectivity index (χ1n) is 4.82. The van der Waals surface area contributed by atoms with Crippen LogP contribution >= 0.6 is 0 Å². The van der Waals surface area contributed by atoms with Crippen molar-refractivity contribution in [1.82, 2.24) is 0 Å². The molecule has 0 fully saturated rings. The Morgan fingerprint density at radius 3 is 2.62 bits per heavy atom. The summed E-state index contributed by atoms with van der Waals surface area (Å²) in [7, 11) is 0. The van der Waals surface area contributed by atoms with Gasteiger partial charge >= 0.3 is 0 Å². The molecule has 0 aromatic rings. The molecule has 0 radical (unpaired) electrons. The van der Waals surface area contributed by atoms with Crippen LogP contribution in [0.15, 0.2) is 35.5 Å². The van der Waals surface area contributed by atoms with E-state index in [1.54, 1.807) is 0 Å². The Bertz CT molecular complexity index is 268. The molecule has 0 nitrogen and oxygen atoms in total. The molecule has 0 saturated heterocycles. The number of unbranched alkanes of at least 4 members (excludes halogenated alkanes) is 2. The number of terminal acetylenes is 1. The van der Waals surface area contributed by atoms with Gasteiger partial charge in [0, 0.05) is 6.42 Å². The SMILES string of the molecule is C#CCCCCC(C)=C1C=CC=C1. The monoisotopic (exact) mass is 172 g/mol. The lowest BCUT2D eigenvalue weighted by Gasteiger charge is -2.02. The first-order chi connectivity index (χ1) is 6.34. The molecule has 0 aromatic carbocycles. The molecule has 0 aliphatic heterocycles. The minimum absolute atomic E-state index is 0.911. The van der Waals surface area contributed by atoms with Crippen molar-refractivity contribution in [2.24, 2.45) is 0 Å². The van der Waals surface area contributed by atoms with Crippen LogP contribution in [0.2, 0.25) is 0 Å². The van der Waals surface area contributed by atoms with Crippen molar-refractivity contribution in [1.29, 1.82) is 0 Å². The van der Waals surface area contributed by atoms with Crippen LogP contribution in [0.4, 0.5) is 0 Å². The molecule has 0 spiro atoms. The van der Waals surface area contributed by atoms with E-state index in [0.29, 0.717) is 0 Å². The molecule has 0 heterocycles. The molecule has 0 aromatic heterocycles. The Morgan fingerprint density at radius 2 is 2.00 bits per heavy atom. The summed E-state index contributed by atoms with van der Waals surface area (Å²) in [5.41, 5.74) is 2.85. The van der Waals surface area contributed by atoms with Gasteiger partial charge < -0.3 is 0 Å². The second kappa shape index (κ2) is 5.43. The third-order valence-electron chi connectivity index (χ3n) is 2.28. The summed E-state index contributed by atoms with van der Waals surface area (Å²) >= 11 is 0. The maximum absolute atomic E-state index is 5.18. The van der Waals surface area contributed by atoms with E-state index in [-0.39, 0.29) is 0 Å². The third kappa shape index (κ3) is 3.34. The van der Waals surface area contributed by atoms with Gasteiger partial charge in [-0.3, -0.25) is 0 Å². The Labute approximate surface area is 81.0 Å². The van der Waals surface area contributed by atoms with Crippen LogP contribution in [-0.2, 0) is 0 Å². The van der Waals surface area contributed by atoms with Gasteiger partial charge in [-0.25, -0.2) is 0 Å². The van der Waals surface area contributed by atoms with E-state index >= 15 is 0 Å².